The number of rotatable bonds is 3. The van der Waals surface area contributed by atoms with Crippen molar-refractivity contribution in [1.82, 2.24) is 0 Å². The average molecular weight is 375 g/mol. The van der Waals surface area contributed by atoms with Crippen LogP contribution in [-0.4, -0.2) is 23.3 Å². The van der Waals surface area contributed by atoms with E-state index in [0.29, 0.717) is 35.2 Å². The van der Waals surface area contributed by atoms with E-state index in [1.54, 1.807) is 19.1 Å². The van der Waals surface area contributed by atoms with E-state index in [4.69, 9.17) is 0 Å². The van der Waals surface area contributed by atoms with Gasteiger partial charge in [0.15, 0.2) is 0 Å². The fourth-order valence-corrected chi connectivity index (χ4v) is 3.31. The van der Waals surface area contributed by atoms with E-state index in [2.05, 4.69) is 5.32 Å². The number of aliphatic hydroxyl groups is 1. The van der Waals surface area contributed by atoms with E-state index >= 15 is 0 Å². The number of hydrogen-bond acceptors (Lipinski definition) is 2. The summed E-state index contributed by atoms with van der Waals surface area (Å²) in [5, 5.41) is 12.8. The Morgan fingerprint density at radius 1 is 1.26 bits per heavy atom. The molecule has 1 unspecified atom stereocenters. The topological polar surface area (TPSA) is 49.3 Å². The minimum atomic E-state index is -4.37. The molecule has 0 fully saturated rings. The van der Waals surface area contributed by atoms with Gasteiger partial charge in [-0.05, 0) is 54.2 Å². The minimum Gasteiger partial charge on any atom is -0.393 e. The molecule has 3 rings (SSSR count). The van der Waals surface area contributed by atoms with E-state index in [-0.39, 0.29) is 12.0 Å². The Morgan fingerprint density at radius 3 is 2.74 bits per heavy atom. The molecular formula is C21H20F3NO2. The van der Waals surface area contributed by atoms with Crippen LogP contribution in [0.3, 0.4) is 0 Å². The zero-order chi connectivity index (χ0) is 19.6. The number of anilines is 1. The van der Waals surface area contributed by atoms with Crippen LogP contribution in [0.4, 0.5) is 18.9 Å². The van der Waals surface area contributed by atoms with Gasteiger partial charge in [-0.2, -0.15) is 13.2 Å². The molecule has 2 N–H and O–H groups in total. The van der Waals surface area contributed by atoms with Gasteiger partial charge in [-0.1, -0.05) is 30.3 Å². The Hall–Kier alpha value is -2.60. The summed E-state index contributed by atoms with van der Waals surface area (Å²) < 4.78 is 36.9. The number of halogens is 3. The molecule has 1 atom stereocenters. The molecule has 2 aromatic rings. The van der Waals surface area contributed by atoms with E-state index < -0.39 is 12.3 Å². The van der Waals surface area contributed by atoms with Gasteiger partial charge in [0.25, 0.3) is 5.91 Å². The van der Waals surface area contributed by atoms with Crippen LogP contribution in [0.1, 0.15) is 39.0 Å². The summed E-state index contributed by atoms with van der Waals surface area (Å²) in [6, 6.07) is 10.2. The highest BCUT2D eigenvalue weighted by Gasteiger charge is 2.22. The third-order valence-electron chi connectivity index (χ3n) is 4.67. The van der Waals surface area contributed by atoms with Crippen molar-refractivity contribution in [1.29, 1.82) is 0 Å². The molecule has 27 heavy (non-hydrogen) atoms. The fraction of sp³-hybridized carbons (Fsp3) is 0.286. The second-order valence-electron chi connectivity index (χ2n) is 6.74. The molecule has 0 heterocycles. The first kappa shape index (κ1) is 19.2. The zero-order valence-corrected chi connectivity index (χ0v) is 14.8. The molecule has 1 aliphatic carbocycles. The van der Waals surface area contributed by atoms with Gasteiger partial charge in [-0.25, -0.2) is 0 Å². The number of aliphatic hydroxyl groups excluding tert-OH is 1. The summed E-state index contributed by atoms with van der Waals surface area (Å²) in [4.78, 5) is 12.7. The number of fused-ring (bicyclic) bond motifs is 1. The highest BCUT2D eigenvalue weighted by Crippen LogP contribution is 2.29. The third-order valence-corrected chi connectivity index (χ3v) is 4.67. The van der Waals surface area contributed by atoms with E-state index in [9.17, 15) is 23.1 Å². The van der Waals surface area contributed by atoms with Crippen molar-refractivity contribution in [2.45, 2.75) is 38.5 Å². The fourth-order valence-electron chi connectivity index (χ4n) is 3.31. The van der Waals surface area contributed by atoms with Crippen LogP contribution in [0.5, 0.6) is 0 Å². The first-order valence-electron chi connectivity index (χ1n) is 8.70. The molecule has 6 heteroatoms. The maximum atomic E-state index is 12.7. The quantitative estimate of drug-likeness (QED) is 0.819. The molecule has 0 saturated carbocycles. The van der Waals surface area contributed by atoms with Crippen LogP contribution in [0, 0.1) is 6.92 Å². The van der Waals surface area contributed by atoms with Gasteiger partial charge in [0.1, 0.15) is 0 Å². The molecule has 0 aliphatic heterocycles. The number of allylic oxidation sites excluding steroid dienone is 1. The summed E-state index contributed by atoms with van der Waals surface area (Å²) >= 11 is 0. The Balaban J connectivity index is 1.80. The minimum absolute atomic E-state index is 0.170. The molecule has 2 aromatic carbocycles. The van der Waals surface area contributed by atoms with Crippen molar-refractivity contribution < 1.29 is 23.1 Å². The molecular weight excluding hydrogens is 355 g/mol. The lowest BCUT2D eigenvalue weighted by molar-refractivity contribution is -0.0790. The predicted molar refractivity (Wildman–Crippen MR) is 98.7 cm³/mol. The molecule has 0 saturated heterocycles. The van der Waals surface area contributed by atoms with Crippen LogP contribution < -0.4 is 5.32 Å². The van der Waals surface area contributed by atoms with Crippen molar-refractivity contribution in [3.05, 3.63) is 70.3 Å². The largest absolute Gasteiger partial charge is 0.409 e. The lowest BCUT2D eigenvalue weighted by atomic mass is 9.88. The second-order valence-corrected chi connectivity index (χ2v) is 6.74. The first-order valence-corrected chi connectivity index (χ1v) is 8.70. The van der Waals surface area contributed by atoms with Crippen molar-refractivity contribution >= 4 is 17.7 Å². The number of carbonyl (C=O) groups excluding carboxylic acids is 1. The van der Waals surface area contributed by atoms with Gasteiger partial charge in [-0.3, -0.25) is 4.79 Å². The highest BCUT2D eigenvalue weighted by molar-refractivity contribution is 6.05. The van der Waals surface area contributed by atoms with Crippen molar-refractivity contribution in [3.63, 3.8) is 0 Å². The van der Waals surface area contributed by atoms with E-state index in [0.717, 1.165) is 23.6 Å². The smallest absolute Gasteiger partial charge is 0.393 e. The molecule has 0 spiro atoms. The molecule has 142 valence electrons. The van der Waals surface area contributed by atoms with Gasteiger partial charge < -0.3 is 10.4 Å². The van der Waals surface area contributed by atoms with Gasteiger partial charge in [0.2, 0.25) is 0 Å². The lowest BCUT2D eigenvalue weighted by Crippen LogP contribution is -2.22. The maximum absolute atomic E-state index is 12.7. The Labute approximate surface area is 155 Å². The molecule has 3 nitrogen and oxygen atoms in total. The molecule has 0 radical (unpaired) electrons. The Kier molecular flexibility index (Phi) is 5.37. The number of nitrogens with one attached hydrogen (secondary N) is 1. The number of alkyl halides is 3. The number of carbonyl (C=O) groups is 1. The second kappa shape index (κ2) is 7.56. The van der Waals surface area contributed by atoms with Crippen LogP contribution in [0.15, 0.2) is 42.5 Å². The number of benzene rings is 2. The average Bonchev–Trinajstić information content (AvgIpc) is 2.60. The van der Waals surface area contributed by atoms with Crippen LogP contribution in [0.2, 0.25) is 0 Å². The zero-order valence-electron chi connectivity index (χ0n) is 14.8. The van der Waals surface area contributed by atoms with Crippen LogP contribution in [-0.2, 0) is 12.8 Å². The molecule has 0 bridgehead atoms. The predicted octanol–water partition coefficient (Wildman–Crippen LogP) is 4.67. The highest BCUT2D eigenvalue weighted by atomic mass is 19.4. The summed E-state index contributed by atoms with van der Waals surface area (Å²) in [5.41, 5.74) is 4.07. The van der Waals surface area contributed by atoms with Gasteiger partial charge in [-0.15, -0.1) is 0 Å². The summed E-state index contributed by atoms with van der Waals surface area (Å²) in [7, 11) is 0. The van der Waals surface area contributed by atoms with Crippen molar-refractivity contribution in [2.75, 3.05) is 5.32 Å². The summed E-state index contributed by atoms with van der Waals surface area (Å²) in [6.07, 6.45) is -1.69. The molecule has 1 amide bonds. The van der Waals surface area contributed by atoms with Crippen LogP contribution in [0.25, 0.3) is 6.08 Å². The Morgan fingerprint density at radius 2 is 2.04 bits per heavy atom. The van der Waals surface area contributed by atoms with Crippen molar-refractivity contribution in [2.24, 2.45) is 0 Å². The third kappa shape index (κ3) is 4.77. The summed E-state index contributed by atoms with van der Waals surface area (Å²) in [5.74, 6) is -0.327. The monoisotopic (exact) mass is 375 g/mol. The van der Waals surface area contributed by atoms with Gasteiger partial charge >= 0.3 is 6.18 Å². The number of hydrogen-bond donors (Lipinski definition) is 2. The van der Waals surface area contributed by atoms with Gasteiger partial charge in [0, 0.05) is 23.7 Å². The normalized spacial score (nSPS) is 17.0. The van der Waals surface area contributed by atoms with Gasteiger partial charge in [0.05, 0.1) is 6.10 Å². The van der Waals surface area contributed by atoms with Crippen molar-refractivity contribution in [3.8, 4) is 0 Å². The molecule has 0 aromatic heterocycles. The SMILES string of the molecule is Cc1cc(/C=C/C(F)(F)F)ccc1C(=O)Nc1cccc2c1CC(O)CC2. The molecule has 1 aliphatic rings. The summed E-state index contributed by atoms with van der Waals surface area (Å²) in [6.45, 7) is 1.68. The van der Waals surface area contributed by atoms with Crippen LogP contribution >= 0.6 is 0 Å². The first-order chi connectivity index (χ1) is 12.7. The standard InChI is InChI=1S/C21H20F3NO2/c1-13-11-14(9-10-21(22,23)24)5-8-17(13)20(27)25-19-4-2-3-15-6-7-16(26)12-18(15)19/h2-5,8-11,16,26H,6-7,12H2,1H3,(H,25,27)/b10-9+. The van der Waals surface area contributed by atoms with E-state index in [1.165, 1.54) is 12.1 Å². The Bertz CT molecular complexity index is 887. The maximum Gasteiger partial charge on any atom is 0.409 e. The lowest BCUT2D eigenvalue weighted by Gasteiger charge is -2.23. The van der Waals surface area contributed by atoms with E-state index in [1.807, 2.05) is 12.1 Å². The number of aryl methyl sites for hydroxylation is 2. The number of amides is 1.